The fourth-order valence-electron chi connectivity index (χ4n) is 1.47. The second-order valence-electron chi connectivity index (χ2n) is 4.00. The Kier molecular flexibility index (Phi) is 2.24. The summed E-state index contributed by atoms with van der Waals surface area (Å²) in [6.07, 6.45) is 4.35. The van der Waals surface area contributed by atoms with Gasteiger partial charge in [-0.05, 0) is 31.6 Å². The largest absolute Gasteiger partial charge is 0.392 e. The molecule has 0 saturated heterocycles. The van der Waals surface area contributed by atoms with Crippen LogP contribution in [0.15, 0.2) is 0 Å². The summed E-state index contributed by atoms with van der Waals surface area (Å²) in [6.45, 7) is 0. The fourth-order valence-corrected chi connectivity index (χ4v) is 1.72. The molecule has 0 aromatic heterocycles. The highest BCUT2D eigenvalue weighted by Gasteiger charge is 2.37. The maximum absolute atomic E-state index is 11.4. The van der Waals surface area contributed by atoms with Crippen molar-refractivity contribution in [2.45, 2.75) is 31.7 Å². The van der Waals surface area contributed by atoms with E-state index in [1.165, 1.54) is 0 Å². The molecule has 0 aromatic rings. The van der Waals surface area contributed by atoms with Gasteiger partial charge in [-0.2, -0.15) is 0 Å². The first-order chi connectivity index (χ1) is 6.18. The Morgan fingerprint density at radius 3 is 2.38 bits per heavy atom. The Morgan fingerprint density at radius 1 is 1.38 bits per heavy atom. The van der Waals surface area contributed by atoms with E-state index in [1.807, 2.05) is 0 Å². The lowest BCUT2D eigenvalue weighted by Gasteiger charge is -2.16. The molecule has 2 saturated carbocycles. The van der Waals surface area contributed by atoms with Crippen molar-refractivity contribution in [2.24, 2.45) is 17.6 Å². The predicted octanol–water partition coefficient (Wildman–Crippen LogP) is 0.577. The highest BCUT2D eigenvalue weighted by molar-refractivity contribution is 7.80. The van der Waals surface area contributed by atoms with Crippen molar-refractivity contribution in [2.75, 3.05) is 0 Å². The predicted molar refractivity (Wildman–Crippen MR) is 54.2 cm³/mol. The molecule has 0 bridgehead atoms. The van der Waals surface area contributed by atoms with Crippen molar-refractivity contribution in [3.05, 3.63) is 0 Å². The van der Waals surface area contributed by atoms with Gasteiger partial charge < -0.3 is 11.1 Å². The molecule has 1 unspecified atom stereocenters. The molecular weight excluding hydrogens is 184 g/mol. The van der Waals surface area contributed by atoms with Gasteiger partial charge in [0.2, 0.25) is 5.91 Å². The van der Waals surface area contributed by atoms with Crippen LogP contribution in [0.25, 0.3) is 0 Å². The number of carbonyl (C=O) groups is 1. The van der Waals surface area contributed by atoms with Crippen molar-refractivity contribution < 1.29 is 4.79 Å². The van der Waals surface area contributed by atoms with Crippen LogP contribution in [0, 0.1) is 11.8 Å². The summed E-state index contributed by atoms with van der Waals surface area (Å²) in [7, 11) is 0. The SMILES string of the molecule is NC(=S)C(NC(=O)C1CC1)C1CC1. The number of thiocarbonyl (C=S) groups is 1. The van der Waals surface area contributed by atoms with Gasteiger partial charge in [-0.3, -0.25) is 4.79 Å². The molecule has 1 amide bonds. The zero-order valence-corrected chi connectivity index (χ0v) is 8.27. The molecule has 72 valence electrons. The van der Waals surface area contributed by atoms with Crippen LogP contribution in [-0.4, -0.2) is 16.9 Å². The summed E-state index contributed by atoms with van der Waals surface area (Å²) < 4.78 is 0. The van der Waals surface area contributed by atoms with Crippen LogP contribution in [0.2, 0.25) is 0 Å². The summed E-state index contributed by atoms with van der Waals surface area (Å²) in [4.78, 5) is 11.9. The van der Waals surface area contributed by atoms with Gasteiger partial charge in [0.1, 0.15) is 0 Å². The van der Waals surface area contributed by atoms with E-state index in [0.717, 1.165) is 25.7 Å². The first-order valence-corrected chi connectivity index (χ1v) is 5.19. The molecule has 4 heteroatoms. The third kappa shape index (κ3) is 2.18. The van der Waals surface area contributed by atoms with Crippen LogP contribution in [0.5, 0.6) is 0 Å². The van der Waals surface area contributed by atoms with Crippen LogP contribution in [0.3, 0.4) is 0 Å². The number of nitrogens with two attached hydrogens (primary N) is 1. The van der Waals surface area contributed by atoms with Crippen LogP contribution < -0.4 is 11.1 Å². The number of hydrogen-bond donors (Lipinski definition) is 2. The summed E-state index contributed by atoms with van der Waals surface area (Å²) in [5.74, 6) is 0.903. The van der Waals surface area contributed by atoms with Gasteiger partial charge in [0.25, 0.3) is 0 Å². The van der Waals surface area contributed by atoms with Gasteiger partial charge >= 0.3 is 0 Å². The average Bonchev–Trinajstić information content (AvgIpc) is 2.85. The van der Waals surface area contributed by atoms with Crippen LogP contribution >= 0.6 is 12.2 Å². The maximum atomic E-state index is 11.4. The summed E-state index contributed by atoms with van der Waals surface area (Å²) in [5.41, 5.74) is 5.56. The van der Waals surface area contributed by atoms with E-state index in [1.54, 1.807) is 0 Å². The number of carbonyl (C=O) groups excluding carboxylic acids is 1. The summed E-state index contributed by atoms with van der Waals surface area (Å²) in [6, 6.07) is -0.0388. The zero-order valence-electron chi connectivity index (χ0n) is 7.45. The molecule has 2 fully saturated rings. The molecule has 0 heterocycles. The second kappa shape index (κ2) is 3.25. The van der Waals surface area contributed by atoms with E-state index >= 15 is 0 Å². The first-order valence-electron chi connectivity index (χ1n) is 4.78. The first kappa shape index (κ1) is 8.94. The smallest absolute Gasteiger partial charge is 0.223 e. The maximum Gasteiger partial charge on any atom is 0.223 e. The van der Waals surface area contributed by atoms with E-state index in [-0.39, 0.29) is 17.9 Å². The topological polar surface area (TPSA) is 55.1 Å². The Bertz CT molecular complexity index is 246. The Morgan fingerprint density at radius 2 is 2.00 bits per heavy atom. The molecule has 0 aliphatic heterocycles. The average molecular weight is 198 g/mol. The number of amides is 1. The van der Waals surface area contributed by atoms with Gasteiger partial charge in [0.05, 0.1) is 11.0 Å². The van der Waals surface area contributed by atoms with Gasteiger partial charge in [0, 0.05) is 5.92 Å². The quantitative estimate of drug-likeness (QED) is 0.650. The molecule has 2 aliphatic carbocycles. The fraction of sp³-hybridized carbons (Fsp3) is 0.778. The summed E-state index contributed by atoms with van der Waals surface area (Å²) >= 11 is 4.92. The number of hydrogen-bond acceptors (Lipinski definition) is 2. The minimum absolute atomic E-state index is 0.0388. The van der Waals surface area contributed by atoms with E-state index in [0.29, 0.717) is 10.9 Å². The molecular formula is C9H14N2OS. The van der Waals surface area contributed by atoms with Crippen LogP contribution in [-0.2, 0) is 4.79 Å². The van der Waals surface area contributed by atoms with Crippen molar-refractivity contribution in [1.82, 2.24) is 5.32 Å². The minimum atomic E-state index is -0.0388. The van der Waals surface area contributed by atoms with Gasteiger partial charge in [-0.25, -0.2) is 0 Å². The third-order valence-electron chi connectivity index (χ3n) is 2.65. The molecule has 2 aliphatic rings. The van der Waals surface area contributed by atoms with E-state index in [9.17, 15) is 4.79 Å². The minimum Gasteiger partial charge on any atom is -0.392 e. The van der Waals surface area contributed by atoms with Gasteiger partial charge in [0.15, 0.2) is 0 Å². The second-order valence-corrected chi connectivity index (χ2v) is 4.47. The lowest BCUT2D eigenvalue weighted by Crippen LogP contribution is -2.45. The lowest BCUT2D eigenvalue weighted by molar-refractivity contribution is -0.122. The standard InChI is InChI=1S/C9H14N2OS/c10-8(13)7(5-1-2-5)11-9(12)6-3-4-6/h5-7H,1-4H2,(H2,10,13)(H,11,12). The van der Waals surface area contributed by atoms with Crippen molar-refractivity contribution in [3.8, 4) is 0 Å². The summed E-state index contributed by atoms with van der Waals surface area (Å²) in [5, 5.41) is 2.94. The molecule has 1 atom stereocenters. The molecule has 0 radical (unpaired) electrons. The van der Waals surface area contributed by atoms with Gasteiger partial charge in [-0.15, -0.1) is 0 Å². The normalized spacial score (nSPS) is 23.7. The zero-order chi connectivity index (χ0) is 9.42. The molecule has 2 rings (SSSR count). The Balaban J connectivity index is 1.87. The molecule has 0 aromatic carbocycles. The Hall–Kier alpha value is -0.640. The Labute approximate surface area is 83.1 Å². The van der Waals surface area contributed by atoms with Crippen molar-refractivity contribution in [3.63, 3.8) is 0 Å². The third-order valence-corrected chi connectivity index (χ3v) is 2.90. The van der Waals surface area contributed by atoms with Gasteiger partial charge in [-0.1, -0.05) is 12.2 Å². The highest BCUT2D eigenvalue weighted by atomic mass is 32.1. The number of nitrogens with one attached hydrogen (secondary N) is 1. The van der Waals surface area contributed by atoms with Crippen molar-refractivity contribution >= 4 is 23.1 Å². The molecule has 0 spiro atoms. The molecule has 3 N–H and O–H groups in total. The lowest BCUT2D eigenvalue weighted by atomic mass is 10.2. The number of rotatable bonds is 4. The van der Waals surface area contributed by atoms with Crippen LogP contribution in [0.1, 0.15) is 25.7 Å². The van der Waals surface area contributed by atoms with Crippen LogP contribution in [0.4, 0.5) is 0 Å². The highest BCUT2D eigenvalue weighted by Crippen LogP contribution is 2.34. The molecule has 3 nitrogen and oxygen atoms in total. The van der Waals surface area contributed by atoms with E-state index < -0.39 is 0 Å². The van der Waals surface area contributed by atoms with Crippen molar-refractivity contribution in [1.29, 1.82) is 0 Å². The van der Waals surface area contributed by atoms with E-state index in [2.05, 4.69) is 5.32 Å². The monoisotopic (exact) mass is 198 g/mol. The molecule has 13 heavy (non-hydrogen) atoms. The van der Waals surface area contributed by atoms with E-state index in [4.69, 9.17) is 18.0 Å².